The van der Waals surface area contributed by atoms with E-state index in [1.807, 2.05) is 17.5 Å². The Morgan fingerprint density at radius 3 is 2.85 bits per heavy atom. The van der Waals surface area contributed by atoms with Gasteiger partial charge in [-0.1, -0.05) is 17.7 Å². The molecule has 0 spiro atoms. The van der Waals surface area contributed by atoms with E-state index in [1.54, 1.807) is 6.08 Å². The molecule has 0 radical (unpaired) electrons. The van der Waals surface area contributed by atoms with Gasteiger partial charge in [0.1, 0.15) is 5.02 Å². The molecule has 1 aromatic carbocycles. The van der Waals surface area contributed by atoms with Crippen LogP contribution in [0.1, 0.15) is 4.88 Å². The molecule has 1 aromatic heterocycles. The average Bonchev–Trinajstić information content (AvgIpc) is 2.91. The molecule has 0 aliphatic rings. The average molecular weight is 309 g/mol. The highest BCUT2D eigenvalue weighted by Gasteiger charge is 2.13. The van der Waals surface area contributed by atoms with Crippen LogP contribution in [0.15, 0.2) is 41.8 Å². The Kier molecular flexibility index (Phi) is 4.49. The highest BCUT2D eigenvalue weighted by atomic mass is 35.5. The lowest BCUT2D eigenvalue weighted by molar-refractivity contribution is -0.384. The van der Waals surface area contributed by atoms with Crippen LogP contribution in [0.2, 0.25) is 5.02 Å². The predicted molar refractivity (Wildman–Crippen MR) is 80.1 cm³/mol. The van der Waals surface area contributed by atoms with Gasteiger partial charge in [-0.05, 0) is 29.7 Å². The Balaban J connectivity index is 2.08. The summed E-state index contributed by atoms with van der Waals surface area (Å²) in [6.07, 6.45) is 3.04. The number of halogens is 1. The number of hydrogen-bond donors (Lipinski definition) is 1. The van der Waals surface area contributed by atoms with Crippen molar-refractivity contribution in [3.63, 3.8) is 0 Å². The van der Waals surface area contributed by atoms with Crippen molar-refractivity contribution in [3.05, 3.63) is 61.8 Å². The second-order valence-corrected chi connectivity index (χ2v) is 5.15. The third-order valence-corrected chi connectivity index (χ3v) is 3.51. The summed E-state index contributed by atoms with van der Waals surface area (Å²) in [7, 11) is 0. The Morgan fingerprint density at radius 2 is 2.20 bits per heavy atom. The summed E-state index contributed by atoms with van der Waals surface area (Å²) in [6.45, 7) is 0. The predicted octanol–water partition coefficient (Wildman–Crippen LogP) is 3.96. The minimum Gasteiger partial charge on any atom is -0.322 e. The lowest BCUT2D eigenvalue weighted by Gasteiger charge is -2.02. The molecule has 20 heavy (non-hydrogen) atoms. The molecule has 0 saturated heterocycles. The zero-order chi connectivity index (χ0) is 14.5. The van der Waals surface area contributed by atoms with Gasteiger partial charge < -0.3 is 5.32 Å². The van der Waals surface area contributed by atoms with E-state index in [-0.39, 0.29) is 16.6 Å². The number of benzene rings is 1. The van der Waals surface area contributed by atoms with Crippen molar-refractivity contribution < 1.29 is 9.72 Å². The van der Waals surface area contributed by atoms with Gasteiger partial charge in [0.15, 0.2) is 0 Å². The van der Waals surface area contributed by atoms with Gasteiger partial charge in [0, 0.05) is 22.7 Å². The van der Waals surface area contributed by atoms with E-state index >= 15 is 0 Å². The van der Waals surface area contributed by atoms with Gasteiger partial charge in [-0.15, -0.1) is 11.3 Å². The van der Waals surface area contributed by atoms with E-state index < -0.39 is 4.92 Å². The van der Waals surface area contributed by atoms with E-state index in [2.05, 4.69) is 5.32 Å². The molecule has 0 aliphatic carbocycles. The number of carbonyl (C=O) groups excluding carboxylic acids is 1. The first kappa shape index (κ1) is 14.2. The Labute approximate surface area is 123 Å². The second-order valence-electron chi connectivity index (χ2n) is 3.76. The van der Waals surface area contributed by atoms with Crippen molar-refractivity contribution in [1.29, 1.82) is 0 Å². The van der Waals surface area contributed by atoms with Crippen molar-refractivity contribution in [1.82, 2.24) is 0 Å². The van der Waals surface area contributed by atoms with Gasteiger partial charge in [-0.25, -0.2) is 0 Å². The van der Waals surface area contributed by atoms with Crippen LogP contribution in [0.3, 0.4) is 0 Å². The molecule has 0 aliphatic heterocycles. The van der Waals surface area contributed by atoms with Crippen LogP contribution in [-0.4, -0.2) is 10.8 Å². The summed E-state index contributed by atoms with van der Waals surface area (Å²) >= 11 is 7.20. The van der Waals surface area contributed by atoms with E-state index in [9.17, 15) is 14.9 Å². The normalized spacial score (nSPS) is 10.7. The topological polar surface area (TPSA) is 72.2 Å². The van der Waals surface area contributed by atoms with Crippen LogP contribution in [-0.2, 0) is 4.79 Å². The molecule has 5 nitrogen and oxygen atoms in total. The number of rotatable bonds is 4. The summed E-state index contributed by atoms with van der Waals surface area (Å²) in [6, 6.07) is 7.86. The first-order valence-electron chi connectivity index (χ1n) is 5.53. The molecule has 2 rings (SSSR count). The minimum absolute atomic E-state index is 0.0297. The number of anilines is 1. The monoisotopic (exact) mass is 308 g/mol. The highest BCUT2D eigenvalue weighted by Crippen LogP contribution is 2.27. The summed E-state index contributed by atoms with van der Waals surface area (Å²) in [4.78, 5) is 22.8. The number of amides is 1. The van der Waals surface area contributed by atoms with Crippen LogP contribution in [0.4, 0.5) is 11.4 Å². The Morgan fingerprint density at radius 1 is 1.40 bits per heavy atom. The third-order valence-electron chi connectivity index (χ3n) is 2.35. The summed E-state index contributed by atoms with van der Waals surface area (Å²) in [5, 5.41) is 15.2. The molecule has 1 amide bonds. The molecule has 0 atom stereocenters. The first-order valence-corrected chi connectivity index (χ1v) is 6.78. The molecule has 7 heteroatoms. The number of nitro benzene ring substituents is 1. The van der Waals surface area contributed by atoms with Crippen LogP contribution in [0, 0.1) is 10.1 Å². The van der Waals surface area contributed by atoms with Crippen molar-refractivity contribution in [2.24, 2.45) is 0 Å². The molecule has 1 N–H and O–H groups in total. The first-order chi connectivity index (χ1) is 9.56. The minimum atomic E-state index is -0.598. The number of nitrogens with one attached hydrogen (secondary N) is 1. The van der Waals surface area contributed by atoms with Crippen LogP contribution < -0.4 is 5.32 Å². The zero-order valence-electron chi connectivity index (χ0n) is 10.1. The van der Waals surface area contributed by atoms with Gasteiger partial charge >= 0.3 is 0 Å². The fourth-order valence-electron chi connectivity index (χ4n) is 1.46. The Hall–Kier alpha value is -2.18. The van der Waals surface area contributed by atoms with Crippen LogP contribution in [0.25, 0.3) is 6.08 Å². The van der Waals surface area contributed by atoms with E-state index in [0.29, 0.717) is 5.69 Å². The molecule has 0 fully saturated rings. The molecular weight excluding hydrogens is 300 g/mol. The van der Waals surface area contributed by atoms with Crippen molar-refractivity contribution in [2.75, 3.05) is 5.32 Å². The van der Waals surface area contributed by atoms with Crippen LogP contribution >= 0.6 is 22.9 Å². The number of nitrogens with zero attached hydrogens (tertiary/aromatic N) is 1. The fourth-order valence-corrected chi connectivity index (χ4v) is 2.26. The van der Waals surface area contributed by atoms with Gasteiger partial charge in [-0.3, -0.25) is 14.9 Å². The maximum Gasteiger partial charge on any atom is 0.289 e. The summed E-state index contributed by atoms with van der Waals surface area (Å²) in [5.41, 5.74) is 0.0774. The number of thiophene rings is 1. The summed E-state index contributed by atoms with van der Waals surface area (Å²) in [5.74, 6) is -0.366. The maximum atomic E-state index is 11.7. The van der Waals surface area contributed by atoms with Gasteiger partial charge in [0.2, 0.25) is 5.91 Å². The van der Waals surface area contributed by atoms with Crippen molar-refractivity contribution in [2.45, 2.75) is 0 Å². The summed E-state index contributed by atoms with van der Waals surface area (Å²) < 4.78 is 0. The smallest absolute Gasteiger partial charge is 0.289 e. The lowest BCUT2D eigenvalue weighted by Crippen LogP contribution is -2.07. The Bertz CT molecular complexity index is 668. The quantitative estimate of drug-likeness (QED) is 0.528. The third kappa shape index (κ3) is 3.66. The zero-order valence-corrected chi connectivity index (χ0v) is 11.6. The number of nitro groups is 1. The maximum absolute atomic E-state index is 11.7. The molecule has 102 valence electrons. The molecule has 1 heterocycles. The number of carbonyl (C=O) groups is 1. The van der Waals surface area contributed by atoms with E-state index in [1.165, 1.54) is 35.6 Å². The van der Waals surface area contributed by atoms with Crippen molar-refractivity contribution in [3.8, 4) is 0 Å². The van der Waals surface area contributed by atoms with E-state index in [4.69, 9.17) is 11.6 Å². The van der Waals surface area contributed by atoms with Crippen LogP contribution in [0.5, 0.6) is 0 Å². The second kappa shape index (κ2) is 6.31. The van der Waals surface area contributed by atoms with Gasteiger partial charge in [0.25, 0.3) is 5.69 Å². The number of hydrogen-bond acceptors (Lipinski definition) is 4. The van der Waals surface area contributed by atoms with Gasteiger partial charge in [-0.2, -0.15) is 0 Å². The fraction of sp³-hybridized carbons (Fsp3) is 0. The molecule has 2 aromatic rings. The molecule has 0 bridgehead atoms. The molecule has 0 unspecified atom stereocenters. The molecular formula is C13H9ClN2O3S. The lowest BCUT2D eigenvalue weighted by atomic mass is 10.2. The van der Waals surface area contributed by atoms with Gasteiger partial charge in [0.05, 0.1) is 4.92 Å². The highest BCUT2D eigenvalue weighted by molar-refractivity contribution is 7.10. The standard InChI is InChI=1S/C13H9ClN2O3S/c14-11-5-3-9(8-12(11)16(18)19)15-13(17)6-4-10-2-1-7-20-10/h1-8H,(H,15,17). The van der Waals surface area contributed by atoms with E-state index in [0.717, 1.165) is 4.88 Å². The van der Waals surface area contributed by atoms with Crippen molar-refractivity contribution >= 4 is 46.3 Å². The largest absolute Gasteiger partial charge is 0.322 e. The SMILES string of the molecule is O=C(C=Cc1cccs1)Nc1ccc(Cl)c([N+](=O)[O-])c1. The molecule has 0 saturated carbocycles.